The van der Waals surface area contributed by atoms with Gasteiger partial charge in [0.15, 0.2) is 0 Å². The van der Waals surface area contributed by atoms with E-state index in [0.29, 0.717) is 5.56 Å². The lowest BCUT2D eigenvalue weighted by Crippen LogP contribution is -2.14. The molecule has 1 unspecified atom stereocenters. The molecule has 0 saturated heterocycles. The minimum Gasteiger partial charge on any atom is -0.320 e. The van der Waals surface area contributed by atoms with Gasteiger partial charge in [-0.3, -0.25) is 0 Å². The topological polar surface area (TPSA) is 26.0 Å². The van der Waals surface area contributed by atoms with Crippen LogP contribution >= 0.6 is 54.5 Å². The number of halogens is 4. The van der Waals surface area contributed by atoms with E-state index in [1.807, 2.05) is 18.2 Å². The van der Waals surface area contributed by atoms with Gasteiger partial charge in [0.1, 0.15) is 5.82 Å². The lowest BCUT2D eigenvalue weighted by atomic mass is 9.99. The monoisotopic (exact) mass is 483 g/mol. The maximum absolute atomic E-state index is 13.8. The molecule has 5 heteroatoms. The highest BCUT2D eigenvalue weighted by Gasteiger charge is 2.16. The van der Waals surface area contributed by atoms with Gasteiger partial charge in [0.2, 0.25) is 0 Å². The van der Waals surface area contributed by atoms with Gasteiger partial charge in [-0.15, -0.1) is 0 Å². The SMILES string of the molecule is NC(c1cc(Br)ccc1F)c1cc(I)ccc1Br. The first kappa shape index (κ1) is 14.4. The predicted molar refractivity (Wildman–Crippen MR) is 87.0 cm³/mol. The van der Waals surface area contributed by atoms with Crippen LogP contribution in [0.15, 0.2) is 45.3 Å². The number of hydrogen-bond donors (Lipinski definition) is 1. The largest absolute Gasteiger partial charge is 0.320 e. The third-order valence-corrected chi connectivity index (χ3v) is 4.47. The van der Waals surface area contributed by atoms with Crippen LogP contribution in [0.25, 0.3) is 0 Å². The number of benzene rings is 2. The Morgan fingerprint density at radius 3 is 2.50 bits per heavy atom. The van der Waals surface area contributed by atoms with Crippen LogP contribution in [0.5, 0.6) is 0 Å². The Hall–Kier alpha value is 0.0200. The molecule has 18 heavy (non-hydrogen) atoms. The second-order valence-electron chi connectivity index (χ2n) is 3.81. The molecule has 2 aromatic rings. The molecule has 0 heterocycles. The highest BCUT2D eigenvalue weighted by Crippen LogP contribution is 2.30. The zero-order valence-corrected chi connectivity index (χ0v) is 14.5. The van der Waals surface area contributed by atoms with Crippen molar-refractivity contribution in [3.05, 3.63) is 65.9 Å². The molecule has 1 atom stereocenters. The van der Waals surface area contributed by atoms with Crippen LogP contribution in [0.2, 0.25) is 0 Å². The summed E-state index contributed by atoms with van der Waals surface area (Å²) in [6.07, 6.45) is 0. The van der Waals surface area contributed by atoms with Crippen molar-refractivity contribution in [3.8, 4) is 0 Å². The van der Waals surface area contributed by atoms with E-state index in [0.717, 1.165) is 18.1 Å². The molecular weight excluding hydrogens is 476 g/mol. The molecule has 1 nitrogen and oxygen atoms in total. The quantitative estimate of drug-likeness (QED) is 0.596. The first-order chi connectivity index (χ1) is 8.49. The summed E-state index contributed by atoms with van der Waals surface area (Å²) in [7, 11) is 0. The number of nitrogens with two attached hydrogens (primary N) is 1. The van der Waals surface area contributed by atoms with E-state index in [1.54, 1.807) is 12.1 Å². The van der Waals surface area contributed by atoms with Crippen molar-refractivity contribution >= 4 is 54.5 Å². The Labute approximate surface area is 135 Å². The predicted octanol–water partition coefficient (Wildman–Crippen LogP) is 5.00. The number of rotatable bonds is 2. The summed E-state index contributed by atoms with van der Waals surface area (Å²) in [5.41, 5.74) is 7.51. The third-order valence-electron chi connectivity index (χ3n) is 2.59. The van der Waals surface area contributed by atoms with Crippen molar-refractivity contribution in [2.24, 2.45) is 5.73 Å². The molecule has 0 saturated carbocycles. The molecule has 0 aliphatic heterocycles. The Morgan fingerprint density at radius 2 is 1.78 bits per heavy atom. The fourth-order valence-electron chi connectivity index (χ4n) is 1.67. The van der Waals surface area contributed by atoms with Crippen LogP contribution in [-0.4, -0.2) is 0 Å². The Morgan fingerprint density at radius 1 is 1.06 bits per heavy atom. The summed E-state index contributed by atoms with van der Waals surface area (Å²) >= 11 is 9.00. The van der Waals surface area contributed by atoms with Gasteiger partial charge in [-0.1, -0.05) is 31.9 Å². The molecule has 0 amide bonds. The van der Waals surface area contributed by atoms with Gasteiger partial charge in [-0.05, 0) is 64.6 Å². The van der Waals surface area contributed by atoms with Crippen molar-refractivity contribution < 1.29 is 4.39 Å². The summed E-state index contributed by atoms with van der Waals surface area (Å²) in [5.74, 6) is -0.295. The van der Waals surface area contributed by atoms with Gasteiger partial charge < -0.3 is 5.73 Å². The molecule has 2 N–H and O–H groups in total. The minimum atomic E-state index is -0.494. The van der Waals surface area contributed by atoms with Crippen molar-refractivity contribution in [1.29, 1.82) is 0 Å². The molecule has 0 fully saturated rings. The number of hydrogen-bond acceptors (Lipinski definition) is 1. The second-order valence-corrected chi connectivity index (χ2v) is 6.82. The van der Waals surface area contributed by atoms with E-state index in [4.69, 9.17) is 5.73 Å². The van der Waals surface area contributed by atoms with Crippen molar-refractivity contribution in [2.45, 2.75) is 6.04 Å². The van der Waals surface area contributed by atoms with Gasteiger partial charge in [0.25, 0.3) is 0 Å². The highest BCUT2D eigenvalue weighted by molar-refractivity contribution is 14.1. The van der Waals surface area contributed by atoms with Crippen LogP contribution in [-0.2, 0) is 0 Å². The van der Waals surface area contributed by atoms with E-state index in [9.17, 15) is 4.39 Å². The van der Waals surface area contributed by atoms with Gasteiger partial charge >= 0.3 is 0 Å². The average molecular weight is 485 g/mol. The Balaban J connectivity index is 2.50. The fourth-order valence-corrected chi connectivity index (χ4v) is 3.06. The summed E-state index contributed by atoms with van der Waals surface area (Å²) < 4.78 is 16.6. The molecule has 2 aromatic carbocycles. The first-order valence-electron chi connectivity index (χ1n) is 5.14. The maximum Gasteiger partial charge on any atom is 0.128 e. The zero-order chi connectivity index (χ0) is 13.3. The molecule has 2 rings (SSSR count). The average Bonchev–Trinajstić information content (AvgIpc) is 2.34. The molecule has 94 valence electrons. The summed E-state index contributed by atoms with van der Waals surface area (Å²) in [4.78, 5) is 0. The molecule has 0 aliphatic rings. The van der Waals surface area contributed by atoms with Crippen LogP contribution in [0.1, 0.15) is 17.2 Å². The Bertz CT molecular complexity index is 538. The normalized spacial score (nSPS) is 12.5. The first-order valence-corrected chi connectivity index (χ1v) is 7.81. The summed E-state index contributed by atoms with van der Waals surface area (Å²) in [5, 5.41) is 0. The second kappa shape index (κ2) is 5.98. The maximum atomic E-state index is 13.8. The van der Waals surface area contributed by atoms with Crippen LogP contribution in [0.4, 0.5) is 4.39 Å². The van der Waals surface area contributed by atoms with Crippen molar-refractivity contribution in [3.63, 3.8) is 0 Å². The fraction of sp³-hybridized carbons (Fsp3) is 0.0769. The minimum absolute atomic E-state index is 0.295. The van der Waals surface area contributed by atoms with E-state index in [2.05, 4.69) is 54.5 Å². The highest BCUT2D eigenvalue weighted by atomic mass is 127. The van der Waals surface area contributed by atoms with Crippen molar-refractivity contribution in [2.75, 3.05) is 0 Å². The lowest BCUT2D eigenvalue weighted by Gasteiger charge is -2.16. The molecule has 0 spiro atoms. The van der Waals surface area contributed by atoms with Crippen LogP contribution < -0.4 is 5.73 Å². The van der Waals surface area contributed by atoms with E-state index in [-0.39, 0.29) is 5.82 Å². The van der Waals surface area contributed by atoms with Crippen LogP contribution in [0.3, 0.4) is 0 Å². The molecular formula is C13H9Br2FIN. The summed E-state index contributed by atoms with van der Waals surface area (Å²) in [6, 6.07) is 10.1. The Kier molecular flexibility index (Phi) is 4.80. The van der Waals surface area contributed by atoms with Gasteiger partial charge in [0, 0.05) is 18.1 Å². The van der Waals surface area contributed by atoms with Gasteiger partial charge in [-0.25, -0.2) is 4.39 Å². The smallest absolute Gasteiger partial charge is 0.128 e. The van der Waals surface area contributed by atoms with Crippen LogP contribution in [0, 0.1) is 9.39 Å². The lowest BCUT2D eigenvalue weighted by molar-refractivity contribution is 0.599. The molecule has 0 aromatic heterocycles. The van der Waals surface area contributed by atoms with E-state index < -0.39 is 6.04 Å². The third kappa shape index (κ3) is 3.12. The van der Waals surface area contributed by atoms with E-state index in [1.165, 1.54) is 6.07 Å². The van der Waals surface area contributed by atoms with Gasteiger partial charge in [0.05, 0.1) is 6.04 Å². The zero-order valence-electron chi connectivity index (χ0n) is 9.13. The van der Waals surface area contributed by atoms with Gasteiger partial charge in [-0.2, -0.15) is 0 Å². The molecule has 0 radical (unpaired) electrons. The molecule has 0 aliphatic carbocycles. The standard InChI is InChI=1S/C13H9Br2FIN/c14-7-1-4-12(16)10(5-7)13(18)9-6-8(17)2-3-11(9)15/h1-6,13H,18H2. The summed E-state index contributed by atoms with van der Waals surface area (Å²) in [6.45, 7) is 0. The van der Waals surface area contributed by atoms with E-state index >= 15 is 0 Å². The van der Waals surface area contributed by atoms with Crippen molar-refractivity contribution in [1.82, 2.24) is 0 Å². The molecule has 0 bridgehead atoms.